The molecule has 0 aliphatic heterocycles. The Morgan fingerprint density at radius 2 is 1.97 bits per heavy atom. The van der Waals surface area contributed by atoms with Crippen LogP contribution in [0.2, 0.25) is 5.02 Å². The van der Waals surface area contributed by atoms with E-state index in [0.717, 1.165) is 30.5 Å². The van der Waals surface area contributed by atoms with Gasteiger partial charge in [0.2, 0.25) is 5.95 Å². The highest BCUT2D eigenvalue weighted by molar-refractivity contribution is 6.31. The van der Waals surface area contributed by atoms with Gasteiger partial charge in [0.05, 0.1) is 7.11 Å². The number of benzene rings is 2. The minimum absolute atomic E-state index is 0.448. The SMILES string of the molecule is CCCCn1nnnc1NCc1cc(OC)c(OCc2ccccc2C)cc1Cl. The van der Waals surface area contributed by atoms with Gasteiger partial charge in [-0.1, -0.05) is 54.3 Å². The number of ether oxygens (including phenoxy) is 2. The summed E-state index contributed by atoms with van der Waals surface area (Å²) in [5, 5.41) is 15.6. The van der Waals surface area contributed by atoms with Crippen LogP contribution in [0.15, 0.2) is 36.4 Å². The molecule has 7 nitrogen and oxygen atoms in total. The summed E-state index contributed by atoms with van der Waals surface area (Å²) in [6.45, 7) is 5.88. The second kappa shape index (κ2) is 10.1. The van der Waals surface area contributed by atoms with Gasteiger partial charge in [0.15, 0.2) is 11.5 Å². The first-order chi connectivity index (χ1) is 14.1. The van der Waals surface area contributed by atoms with Crippen LogP contribution in [0.25, 0.3) is 0 Å². The molecule has 3 rings (SSSR count). The average Bonchev–Trinajstić information content (AvgIpc) is 3.18. The van der Waals surface area contributed by atoms with E-state index >= 15 is 0 Å². The van der Waals surface area contributed by atoms with Crippen molar-refractivity contribution in [3.05, 3.63) is 58.1 Å². The van der Waals surface area contributed by atoms with E-state index in [1.54, 1.807) is 17.9 Å². The van der Waals surface area contributed by atoms with Gasteiger partial charge in [-0.15, -0.1) is 0 Å². The Hall–Kier alpha value is -2.80. The quantitative estimate of drug-likeness (QED) is 0.520. The molecular weight excluding hydrogens is 390 g/mol. The maximum atomic E-state index is 6.50. The second-order valence-electron chi connectivity index (χ2n) is 6.74. The van der Waals surface area contributed by atoms with E-state index in [9.17, 15) is 0 Å². The molecule has 0 radical (unpaired) electrons. The summed E-state index contributed by atoms with van der Waals surface area (Å²) in [7, 11) is 1.62. The Bertz CT molecular complexity index is 945. The monoisotopic (exact) mass is 415 g/mol. The Kier molecular flexibility index (Phi) is 7.30. The molecule has 1 aromatic heterocycles. The Balaban J connectivity index is 1.70. The Labute approximate surface area is 176 Å². The van der Waals surface area contributed by atoms with Crippen molar-refractivity contribution < 1.29 is 9.47 Å². The molecule has 0 fully saturated rings. The molecule has 8 heteroatoms. The van der Waals surface area contributed by atoms with Crippen LogP contribution in [0, 0.1) is 6.92 Å². The van der Waals surface area contributed by atoms with Crippen molar-refractivity contribution >= 4 is 17.5 Å². The highest BCUT2D eigenvalue weighted by atomic mass is 35.5. The molecule has 0 unspecified atom stereocenters. The lowest BCUT2D eigenvalue weighted by Crippen LogP contribution is -2.09. The van der Waals surface area contributed by atoms with E-state index in [2.05, 4.69) is 40.8 Å². The van der Waals surface area contributed by atoms with Gasteiger partial charge in [-0.2, -0.15) is 0 Å². The third-order valence-corrected chi connectivity index (χ3v) is 5.02. The third kappa shape index (κ3) is 5.38. The van der Waals surface area contributed by atoms with E-state index < -0.39 is 0 Å². The number of nitrogens with zero attached hydrogens (tertiary/aromatic N) is 4. The van der Waals surface area contributed by atoms with E-state index in [1.165, 1.54) is 5.56 Å². The van der Waals surface area contributed by atoms with Crippen molar-refractivity contribution in [1.82, 2.24) is 20.2 Å². The first kappa shape index (κ1) is 20.9. The number of anilines is 1. The molecule has 1 heterocycles. The standard InChI is InChI=1S/C21H26ClN5O2/c1-4-5-10-27-21(24-25-26-27)23-13-17-11-19(28-3)20(12-18(17)22)29-14-16-9-7-6-8-15(16)2/h6-9,11-12H,4-5,10,13-14H2,1-3H3,(H,23,24,26). The van der Waals surface area contributed by atoms with Crippen molar-refractivity contribution in [3.63, 3.8) is 0 Å². The first-order valence-corrected chi connectivity index (χ1v) is 10.0. The predicted octanol–water partition coefficient (Wildman–Crippen LogP) is 4.63. The van der Waals surface area contributed by atoms with Crippen LogP contribution in [0.1, 0.15) is 36.5 Å². The zero-order valence-corrected chi connectivity index (χ0v) is 17.7. The normalized spacial score (nSPS) is 10.8. The molecular formula is C21H26ClN5O2. The van der Waals surface area contributed by atoms with Gasteiger partial charge in [-0.3, -0.25) is 0 Å². The molecule has 154 valence electrons. The molecule has 0 atom stereocenters. The van der Waals surface area contributed by atoms with Gasteiger partial charge in [0, 0.05) is 24.2 Å². The molecule has 0 aliphatic rings. The van der Waals surface area contributed by atoms with Gasteiger partial charge >= 0.3 is 0 Å². The zero-order valence-electron chi connectivity index (χ0n) is 17.0. The Morgan fingerprint density at radius 1 is 1.14 bits per heavy atom. The summed E-state index contributed by atoms with van der Waals surface area (Å²) >= 11 is 6.50. The first-order valence-electron chi connectivity index (χ1n) is 9.66. The predicted molar refractivity (Wildman–Crippen MR) is 114 cm³/mol. The van der Waals surface area contributed by atoms with Crippen molar-refractivity contribution in [2.45, 2.75) is 46.4 Å². The molecule has 0 amide bonds. The van der Waals surface area contributed by atoms with Crippen molar-refractivity contribution in [2.24, 2.45) is 0 Å². The van der Waals surface area contributed by atoms with Crippen molar-refractivity contribution in [1.29, 1.82) is 0 Å². The molecule has 29 heavy (non-hydrogen) atoms. The maximum Gasteiger partial charge on any atom is 0.243 e. The lowest BCUT2D eigenvalue weighted by molar-refractivity contribution is 0.284. The lowest BCUT2D eigenvalue weighted by atomic mass is 10.1. The van der Waals surface area contributed by atoms with Gasteiger partial charge in [-0.05, 0) is 46.5 Å². The topological polar surface area (TPSA) is 74.1 Å². The van der Waals surface area contributed by atoms with E-state index in [4.69, 9.17) is 21.1 Å². The fourth-order valence-corrected chi connectivity index (χ4v) is 3.10. The molecule has 0 saturated heterocycles. The van der Waals surface area contributed by atoms with E-state index in [-0.39, 0.29) is 0 Å². The number of unbranched alkanes of at least 4 members (excludes halogenated alkanes) is 1. The van der Waals surface area contributed by atoms with Crippen LogP contribution in [0.5, 0.6) is 11.5 Å². The van der Waals surface area contributed by atoms with Crippen LogP contribution < -0.4 is 14.8 Å². The molecule has 0 spiro atoms. The largest absolute Gasteiger partial charge is 0.493 e. The summed E-state index contributed by atoms with van der Waals surface area (Å²) in [6, 6.07) is 11.8. The fraction of sp³-hybridized carbons (Fsp3) is 0.381. The number of tetrazole rings is 1. The molecule has 0 saturated carbocycles. The van der Waals surface area contributed by atoms with E-state index in [1.807, 2.05) is 24.3 Å². The summed E-state index contributed by atoms with van der Waals surface area (Å²) in [5.41, 5.74) is 3.17. The minimum atomic E-state index is 0.448. The number of hydrogen-bond acceptors (Lipinski definition) is 6. The third-order valence-electron chi connectivity index (χ3n) is 4.67. The summed E-state index contributed by atoms with van der Waals surface area (Å²) in [4.78, 5) is 0. The number of aromatic nitrogens is 4. The number of halogens is 1. The van der Waals surface area contributed by atoms with Gasteiger partial charge in [-0.25, -0.2) is 4.68 Å². The number of nitrogens with one attached hydrogen (secondary N) is 1. The van der Waals surface area contributed by atoms with Crippen LogP contribution >= 0.6 is 11.6 Å². The lowest BCUT2D eigenvalue weighted by Gasteiger charge is -2.15. The van der Waals surface area contributed by atoms with Gasteiger partial charge < -0.3 is 14.8 Å². The second-order valence-corrected chi connectivity index (χ2v) is 7.15. The highest BCUT2D eigenvalue weighted by Gasteiger charge is 2.13. The molecule has 0 bridgehead atoms. The zero-order chi connectivity index (χ0) is 20.6. The van der Waals surface area contributed by atoms with Crippen molar-refractivity contribution in [3.8, 4) is 11.5 Å². The van der Waals surface area contributed by atoms with Gasteiger partial charge in [0.25, 0.3) is 0 Å². The van der Waals surface area contributed by atoms with Crippen LogP contribution in [0.4, 0.5) is 5.95 Å². The van der Waals surface area contributed by atoms with Crippen LogP contribution in [0.3, 0.4) is 0 Å². The number of hydrogen-bond donors (Lipinski definition) is 1. The Morgan fingerprint density at radius 3 is 2.72 bits per heavy atom. The maximum absolute atomic E-state index is 6.50. The average molecular weight is 416 g/mol. The fourth-order valence-electron chi connectivity index (χ4n) is 2.88. The van der Waals surface area contributed by atoms with E-state index in [0.29, 0.717) is 35.6 Å². The smallest absolute Gasteiger partial charge is 0.243 e. The number of rotatable bonds is 10. The summed E-state index contributed by atoms with van der Waals surface area (Å²) < 4.78 is 13.3. The molecule has 1 N–H and O–H groups in total. The number of methoxy groups -OCH3 is 1. The van der Waals surface area contributed by atoms with Gasteiger partial charge in [0.1, 0.15) is 6.61 Å². The molecule has 2 aromatic carbocycles. The molecule has 0 aliphatic carbocycles. The van der Waals surface area contributed by atoms with Crippen LogP contribution in [-0.2, 0) is 19.7 Å². The minimum Gasteiger partial charge on any atom is -0.493 e. The highest BCUT2D eigenvalue weighted by Crippen LogP contribution is 2.34. The summed E-state index contributed by atoms with van der Waals surface area (Å²) in [5.74, 6) is 1.86. The number of aryl methyl sites for hydroxylation is 2. The van der Waals surface area contributed by atoms with Crippen LogP contribution in [-0.4, -0.2) is 27.3 Å². The van der Waals surface area contributed by atoms with Crippen molar-refractivity contribution in [2.75, 3.05) is 12.4 Å². The summed E-state index contributed by atoms with van der Waals surface area (Å²) in [6.07, 6.45) is 2.09. The molecule has 3 aromatic rings.